The highest BCUT2D eigenvalue weighted by Gasteiger charge is 1.98. The maximum absolute atomic E-state index is 5.76. The van der Waals surface area contributed by atoms with Crippen molar-refractivity contribution in [2.75, 3.05) is 19.5 Å². The van der Waals surface area contributed by atoms with Gasteiger partial charge in [-0.15, -0.1) is 11.8 Å². The molecule has 2 nitrogen and oxygen atoms in total. The Morgan fingerprint density at radius 1 is 1.31 bits per heavy atom. The Morgan fingerprint density at radius 3 is 2.56 bits per heavy atom. The highest BCUT2D eigenvalue weighted by Crippen LogP contribution is 2.19. The summed E-state index contributed by atoms with van der Waals surface area (Å²) < 4.78 is 5.02. The zero-order chi connectivity index (χ0) is 11.8. The van der Waals surface area contributed by atoms with Gasteiger partial charge in [0.05, 0.1) is 0 Å². The summed E-state index contributed by atoms with van der Waals surface area (Å²) in [6.45, 7) is 2.88. The van der Waals surface area contributed by atoms with Crippen molar-refractivity contribution in [2.24, 2.45) is 5.73 Å². The molecule has 1 atom stereocenters. The zero-order valence-corrected chi connectivity index (χ0v) is 10.9. The summed E-state index contributed by atoms with van der Waals surface area (Å²) in [6, 6.07) is 8.93. The summed E-state index contributed by atoms with van der Waals surface area (Å²) in [7, 11) is 1.74. The standard InChI is InChI=1S/C13H21NOS/c1-11(14)10-12-4-6-13(7-5-12)16-9-3-8-15-2/h4-7,11H,3,8-10,14H2,1-2H3. The maximum atomic E-state index is 5.76. The second-order valence-electron chi connectivity index (χ2n) is 4.02. The van der Waals surface area contributed by atoms with Gasteiger partial charge in [0.1, 0.15) is 0 Å². The van der Waals surface area contributed by atoms with Crippen LogP contribution in [-0.4, -0.2) is 25.5 Å². The van der Waals surface area contributed by atoms with E-state index in [-0.39, 0.29) is 6.04 Å². The molecule has 0 fully saturated rings. The van der Waals surface area contributed by atoms with Crippen LogP contribution in [0.2, 0.25) is 0 Å². The average Bonchev–Trinajstić information content (AvgIpc) is 2.26. The van der Waals surface area contributed by atoms with E-state index in [9.17, 15) is 0 Å². The molecule has 0 aliphatic carbocycles. The van der Waals surface area contributed by atoms with E-state index >= 15 is 0 Å². The number of benzene rings is 1. The van der Waals surface area contributed by atoms with Crippen LogP contribution in [0.3, 0.4) is 0 Å². The Kier molecular flexibility index (Phi) is 6.53. The highest BCUT2D eigenvalue weighted by atomic mass is 32.2. The first-order valence-corrected chi connectivity index (χ1v) is 6.67. The topological polar surface area (TPSA) is 35.2 Å². The molecule has 1 aromatic rings. The SMILES string of the molecule is COCCCSc1ccc(CC(C)N)cc1. The van der Waals surface area contributed by atoms with E-state index < -0.39 is 0 Å². The van der Waals surface area contributed by atoms with E-state index in [0.29, 0.717) is 0 Å². The number of methoxy groups -OCH3 is 1. The molecule has 0 aliphatic heterocycles. The molecule has 0 bridgehead atoms. The fraction of sp³-hybridized carbons (Fsp3) is 0.538. The van der Waals surface area contributed by atoms with Crippen LogP contribution in [0.1, 0.15) is 18.9 Å². The monoisotopic (exact) mass is 239 g/mol. The van der Waals surface area contributed by atoms with E-state index in [4.69, 9.17) is 10.5 Å². The van der Waals surface area contributed by atoms with Gasteiger partial charge >= 0.3 is 0 Å². The molecular formula is C13H21NOS. The van der Waals surface area contributed by atoms with Gasteiger partial charge in [0.15, 0.2) is 0 Å². The van der Waals surface area contributed by atoms with Gasteiger partial charge in [0, 0.05) is 30.4 Å². The Hall–Kier alpha value is -0.510. The van der Waals surface area contributed by atoms with Gasteiger partial charge in [-0.2, -0.15) is 0 Å². The molecule has 0 saturated heterocycles. The zero-order valence-electron chi connectivity index (χ0n) is 10.1. The van der Waals surface area contributed by atoms with Gasteiger partial charge < -0.3 is 10.5 Å². The average molecular weight is 239 g/mol. The predicted octanol–water partition coefficient (Wildman–Crippen LogP) is 2.70. The third kappa shape index (κ3) is 5.54. The van der Waals surface area contributed by atoms with Crippen LogP contribution < -0.4 is 5.73 Å². The lowest BCUT2D eigenvalue weighted by atomic mass is 10.1. The number of thioether (sulfide) groups is 1. The van der Waals surface area contributed by atoms with E-state index in [0.717, 1.165) is 25.2 Å². The van der Waals surface area contributed by atoms with Crippen molar-refractivity contribution in [3.05, 3.63) is 29.8 Å². The van der Waals surface area contributed by atoms with Gasteiger partial charge in [-0.3, -0.25) is 0 Å². The van der Waals surface area contributed by atoms with E-state index in [1.54, 1.807) is 7.11 Å². The lowest BCUT2D eigenvalue weighted by molar-refractivity contribution is 0.200. The molecule has 1 unspecified atom stereocenters. The second-order valence-corrected chi connectivity index (χ2v) is 5.19. The van der Waals surface area contributed by atoms with Crippen LogP contribution in [0.15, 0.2) is 29.2 Å². The van der Waals surface area contributed by atoms with Crippen LogP contribution in [0, 0.1) is 0 Å². The summed E-state index contributed by atoms with van der Waals surface area (Å²) in [5.41, 5.74) is 7.07. The minimum atomic E-state index is 0.236. The molecule has 0 heterocycles. The largest absolute Gasteiger partial charge is 0.385 e. The second kappa shape index (κ2) is 7.71. The molecule has 0 aliphatic rings. The molecule has 90 valence electrons. The number of nitrogens with two attached hydrogens (primary N) is 1. The molecule has 16 heavy (non-hydrogen) atoms. The molecule has 0 spiro atoms. The van der Waals surface area contributed by atoms with Crippen molar-refractivity contribution in [3.63, 3.8) is 0 Å². The quantitative estimate of drug-likeness (QED) is 0.587. The van der Waals surface area contributed by atoms with Crippen molar-refractivity contribution >= 4 is 11.8 Å². The first-order chi connectivity index (χ1) is 7.72. The van der Waals surface area contributed by atoms with Crippen molar-refractivity contribution < 1.29 is 4.74 Å². The van der Waals surface area contributed by atoms with Gasteiger partial charge in [-0.25, -0.2) is 0 Å². The van der Waals surface area contributed by atoms with Crippen LogP contribution in [0.5, 0.6) is 0 Å². The van der Waals surface area contributed by atoms with Crippen molar-refractivity contribution in [1.82, 2.24) is 0 Å². The van der Waals surface area contributed by atoms with Crippen LogP contribution in [-0.2, 0) is 11.2 Å². The molecule has 0 amide bonds. The molecule has 1 rings (SSSR count). The van der Waals surface area contributed by atoms with Crippen LogP contribution in [0.4, 0.5) is 0 Å². The summed E-state index contributed by atoms with van der Waals surface area (Å²) in [5, 5.41) is 0. The molecule has 0 saturated carbocycles. The molecular weight excluding hydrogens is 218 g/mol. The molecule has 0 aromatic heterocycles. The summed E-state index contributed by atoms with van der Waals surface area (Å²) in [4.78, 5) is 1.32. The van der Waals surface area contributed by atoms with Gasteiger partial charge in [-0.05, 0) is 37.5 Å². The Balaban J connectivity index is 2.33. The molecule has 2 N–H and O–H groups in total. The fourth-order valence-corrected chi connectivity index (χ4v) is 2.31. The number of hydrogen-bond acceptors (Lipinski definition) is 3. The lowest BCUT2D eigenvalue weighted by Gasteiger charge is -2.06. The van der Waals surface area contributed by atoms with Crippen molar-refractivity contribution in [1.29, 1.82) is 0 Å². The van der Waals surface area contributed by atoms with Crippen molar-refractivity contribution in [2.45, 2.75) is 30.7 Å². The smallest absolute Gasteiger partial charge is 0.0470 e. The number of hydrogen-bond donors (Lipinski definition) is 1. The minimum Gasteiger partial charge on any atom is -0.385 e. The molecule has 1 aromatic carbocycles. The minimum absolute atomic E-state index is 0.236. The predicted molar refractivity (Wildman–Crippen MR) is 71.0 cm³/mol. The van der Waals surface area contributed by atoms with E-state index in [1.807, 2.05) is 18.7 Å². The fourth-order valence-electron chi connectivity index (χ4n) is 1.49. The first-order valence-electron chi connectivity index (χ1n) is 5.68. The Labute approximate surface area is 103 Å². The Morgan fingerprint density at radius 2 is 2.00 bits per heavy atom. The number of rotatable bonds is 7. The highest BCUT2D eigenvalue weighted by molar-refractivity contribution is 7.99. The van der Waals surface area contributed by atoms with E-state index in [2.05, 4.69) is 24.3 Å². The summed E-state index contributed by atoms with van der Waals surface area (Å²) >= 11 is 1.88. The molecule has 3 heteroatoms. The third-order valence-electron chi connectivity index (χ3n) is 2.24. The first kappa shape index (κ1) is 13.6. The molecule has 0 radical (unpaired) electrons. The number of ether oxygens (including phenoxy) is 1. The van der Waals surface area contributed by atoms with E-state index in [1.165, 1.54) is 10.5 Å². The Bertz CT molecular complexity index is 284. The lowest BCUT2D eigenvalue weighted by Crippen LogP contribution is -2.17. The third-order valence-corrected chi connectivity index (χ3v) is 3.34. The van der Waals surface area contributed by atoms with Gasteiger partial charge in [0.25, 0.3) is 0 Å². The van der Waals surface area contributed by atoms with Crippen LogP contribution >= 0.6 is 11.8 Å². The van der Waals surface area contributed by atoms with Crippen LogP contribution in [0.25, 0.3) is 0 Å². The van der Waals surface area contributed by atoms with Crippen molar-refractivity contribution in [3.8, 4) is 0 Å². The summed E-state index contributed by atoms with van der Waals surface area (Å²) in [6.07, 6.45) is 2.05. The maximum Gasteiger partial charge on any atom is 0.0470 e. The van der Waals surface area contributed by atoms with Gasteiger partial charge in [0.2, 0.25) is 0 Å². The summed E-state index contributed by atoms with van der Waals surface area (Å²) in [5.74, 6) is 1.11. The normalized spacial score (nSPS) is 12.7. The van der Waals surface area contributed by atoms with Gasteiger partial charge in [-0.1, -0.05) is 12.1 Å².